The highest BCUT2D eigenvalue weighted by Crippen LogP contribution is 2.55. The summed E-state index contributed by atoms with van der Waals surface area (Å²) < 4.78 is 0. The van der Waals surface area contributed by atoms with Gasteiger partial charge in [0, 0.05) is 18.6 Å². The number of rotatable bonds is 1. The van der Waals surface area contributed by atoms with Gasteiger partial charge in [-0.05, 0) is 62.8 Å². The Morgan fingerprint density at radius 2 is 1.88 bits per heavy atom. The van der Waals surface area contributed by atoms with Crippen LogP contribution in [0.4, 0.5) is 0 Å². The number of likely N-dealkylation sites (tertiary alicyclic amines) is 1. The van der Waals surface area contributed by atoms with Gasteiger partial charge in [0.25, 0.3) is 0 Å². The Morgan fingerprint density at radius 3 is 2.44 bits per heavy atom. The van der Waals surface area contributed by atoms with Gasteiger partial charge in [-0.1, -0.05) is 6.92 Å². The van der Waals surface area contributed by atoms with Gasteiger partial charge in [-0.3, -0.25) is 0 Å². The van der Waals surface area contributed by atoms with Gasteiger partial charge in [-0.25, -0.2) is 0 Å². The van der Waals surface area contributed by atoms with Gasteiger partial charge in [0.05, 0.1) is 0 Å². The maximum atomic E-state index is 6.06. The topological polar surface area (TPSA) is 29.3 Å². The monoisotopic (exact) mass is 222 g/mol. The van der Waals surface area contributed by atoms with Gasteiger partial charge < -0.3 is 10.6 Å². The highest BCUT2D eigenvalue weighted by molar-refractivity contribution is 5.08. The van der Waals surface area contributed by atoms with E-state index in [1.807, 2.05) is 0 Å². The minimum absolute atomic E-state index is 0.550. The zero-order valence-corrected chi connectivity index (χ0v) is 10.6. The summed E-state index contributed by atoms with van der Waals surface area (Å²) in [6.45, 7) is 5.12. The van der Waals surface area contributed by atoms with E-state index < -0.39 is 0 Å². The van der Waals surface area contributed by atoms with Crippen molar-refractivity contribution in [3.63, 3.8) is 0 Å². The molecule has 1 saturated heterocycles. The van der Waals surface area contributed by atoms with Crippen molar-refractivity contribution in [3.8, 4) is 0 Å². The second-order valence-corrected chi connectivity index (χ2v) is 6.65. The molecule has 16 heavy (non-hydrogen) atoms. The second-order valence-electron chi connectivity index (χ2n) is 6.65. The van der Waals surface area contributed by atoms with Gasteiger partial charge in [-0.15, -0.1) is 0 Å². The molecular formula is C14H26N2. The van der Waals surface area contributed by atoms with E-state index in [0.717, 1.165) is 12.0 Å². The molecule has 0 aromatic heterocycles. The van der Waals surface area contributed by atoms with Crippen LogP contribution in [0.5, 0.6) is 0 Å². The quantitative estimate of drug-likeness (QED) is 0.738. The van der Waals surface area contributed by atoms with E-state index in [1.54, 1.807) is 0 Å². The largest absolute Gasteiger partial charge is 0.327 e. The van der Waals surface area contributed by atoms with E-state index in [4.69, 9.17) is 5.73 Å². The van der Waals surface area contributed by atoms with Crippen LogP contribution in [0.3, 0.4) is 0 Å². The van der Waals surface area contributed by atoms with E-state index in [2.05, 4.69) is 11.8 Å². The Labute approximate surface area is 99.6 Å². The van der Waals surface area contributed by atoms with Gasteiger partial charge >= 0.3 is 0 Å². The molecule has 0 aromatic rings. The first-order valence-electron chi connectivity index (χ1n) is 7.19. The molecule has 2 heteroatoms. The fraction of sp³-hybridized carbons (Fsp3) is 1.00. The minimum Gasteiger partial charge on any atom is -0.327 e. The molecule has 1 spiro atoms. The van der Waals surface area contributed by atoms with E-state index >= 15 is 0 Å². The minimum atomic E-state index is 0.550. The van der Waals surface area contributed by atoms with Crippen LogP contribution in [0.1, 0.15) is 51.9 Å². The number of nitrogens with zero attached hydrogens (tertiary/aromatic N) is 1. The summed E-state index contributed by atoms with van der Waals surface area (Å²) in [5.74, 6) is 0.924. The van der Waals surface area contributed by atoms with Crippen LogP contribution in [0.2, 0.25) is 0 Å². The lowest BCUT2D eigenvalue weighted by Gasteiger charge is -2.41. The summed E-state index contributed by atoms with van der Waals surface area (Å²) in [6.07, 6.45) is 9.82. The Kier molecular flexibility index (Phi) is 2.75. The Balaban J connectivity index is 1.53. The van der Waals surface area contributed by atoms with Crippen LogP contribution in [-0.2, 0) is 0 Å². The lowest BCUT2D eigenvalue weighted by molar-refractivity contribution is 0.0867. The summed E-state index contributed by atoms with van der Waals surface area (Å²) in [5.41, 5.74) is 6.67. The molecule has 3 rings (SSSR count). The average molecular weight is 222 g/mol. The average Bonchev–Trinajstić information content (AvgIpc) is 2.89. The van der Waals surface area contributed by atoms with Crippen molar-refractivity contribution in [1.82, 2.24) is 4.90 Å². The summed E-state index contributed by atoms with van der Waals surface area (Å²) in [7, 11) is 0. The smallest absolute Gasteiger partial charge is 0.0102 e. The SMILES string of the molecule is CC1CCCN(C2CCC3(CC2)CC3N)C1. The molecular weight excluding hydrogens is 196 g/mol. The predicted molar refractivity (Wildman–Crippen MR) is 67.3 cm³/mol. The van der Waals surface area contributed by atoms with Gasteiger partial charge in [0.1, 0.15) is 0 Å². The molecule has 2 saturated carbocycles. The maximum absolute atomic E-state index is 6.06. The molecule has 2 N–H and O–H groups in total. The van der Waals surface area contributed by atoms with Crippen LogP contribution >= 0.6 is 0 Å². The van der Waals surface area contributed by atoms with E-state index in [1.165, 1.54) is 58.0 Å². The molecule has 1 heterocycles. The van der Waals surface area contributed by atoms with Gasteiger partial charge in [0.2, 0.25) is 0 Å². The summed E-state index contributed by atoms with van der Waals surface area (Å²) in [5, 5.41) is 0. The lowest BCUT2D eigenvalue weighted by Crippen LogP contribution is -2.44. The Bertz CT molecular complexity index is 255. The van der Waals surface area contributed by atoms with Gasteiger partial charge in [-0.2, -0.15) is 0 Å². The normalized spacial score (nSPS) is 49.5. The third-order valence-corrected chi connectivity index (χ3v) is 5.41. The van der Waals surface area contributed by atoms with E-state index in [0.29, 0.717) is 11.5 Å². The van der Waals surface area contributed by atoms with Crippen LogP contribution < -0.4 is 5.73 Å². The highest BCUT2D eigenvalue weighted by Gasteiger charge is 2.53. The van der Waals surface area contributed by atoms with Crippen molar-refractivity contribution in [2.75, 3.05) is 13.1 Å². The van der Waals surface area contributed by atoms with Crippen LogP contribution in [-0.4, -0.2) is 30.1 Å². The van der Waals surface area contributed by atoms with Crippen molar-refractivity contribution in [2.45, 2.75) is 64.0 Å². The molecule has 2 nitrogen and oxygen atoms in total. The van der Waals surface area contributed by atoms with Crippen molar-refractivity contribution in [2.24, 2.45) is 17.1 Å². The first-order chi connectivity index (χ1) is 7.70. The standard InChI is InChI=1S/C14H26N2/c1-11-3-2-8-16(10-11)12-4-6-14(7-5-12)9-13(14)15/h11-13H,2-10,15H2,1H3. The number of nitrogens with two attached hydrogens (primary N) is 1. The van der Waals surface area contributed by atoms with Gasteiger partial charge in [0.15, 0.2) is 0 Å². The van der Waals surface area contributed by atoms with Crippen LogP contribution in [0.15, 0.2) is 0 Å². The predicted octanol–water partition coefficient (Wildman–Crippen LogP) is 2.38. The lowest BCUT2D eigenvalue weighted by atomic mass is 9.81. The third kappa shape index (κ3) is 1.91. The van der Waals surface area contributed by atoms with Crippen LogP contribution in [0, 0.1) is 11.3 Å². The number of piperidine rings is 1. The molecule has 92 valence electrons. The first-order valence-corrected chi connectivity index (χ1v) is 7.19. The second kappa shape index (κ2) is 3.99. The molecule has 0 aromatic carbocycles. The molecule has 0 bridgehead atoms. The third-order valence-electron chi connectivity index (χ3n) is 5.41. The van der Waals surface area contributed by atoms with E-state index in [-0.39, 0.29) is 0 Å². The molecule has 3 fully saturated rings. The number of hydrogen-bond acceptors (Lipinski definition) is 2. The molecule has 0 amide bonds. The van der Waals surface area contributed by atoms with E-state index in [9.17, 15) is 0 Å². The van der Waals surface area contributed by atoms with Crippen LogP contribution in [0.25, 0.3) is 0 Å². The summed E-state index contributed by atoms with van der Waals surface area (Å²) >= 11 is 0. The zero-order valence-electron chi connectivity index (χ0n) is 10.6. The van der Waals surface area contributed by atoms with Crippen molar-refractivity contribution in [3.05, 3.63) is 0 Å². The number of hydrogen-bond donors (Lipinski definition) is 1. The Hall–Kier alpha value is -0.0800. The highest BCUT2D eigenvalue weighted by atomic mass is 15.2. The Morgan fingerprint density at radius 1 is 1.19 bits per heavy atom. The fourth-order valence-electron chi connectivity index (χ4n) is 4.05. The molecule has 2 aliphatic carbocycles. The van der Waals surface area contributed by atoms with Crippen molar-refractivity contribution in [1.29, 1.82) is 0 Å². The van der Waals surface area contributed by atoms with Crippen molar-refractivity contribution < 1.29 is 0 Å². The summed E-state index contributed by atoms with van der Waals surface area (Å²) in [6, 6.07) is 1.44. The molecule has 1 aliphatic heterocycles. The molecule has 0 radical (unpaired) electrons. The zero-order chi connectivity index (χ0) is 11.2. The molecule has 2 unspecified atom stereocenters. The van der Waals surface area contributed by atoms with Crippen molar-refractivity contribution >= 4 is 0 Å². The first kappa shape index (κ1) is 11.0. The fourth-order valence-corrected chi connectivity index (χ4v) is 4.05. The molecule has 3 aliphatic rings. The maximum Gasteiger partial charge on any atom is 0.0102 e. The molecule has 2 atom stereocenters. The summed E-state index contributed by atoms with van der Waals surface area (Å²) in [4.78, 5) is 2.77.